The molecule has 0 bridgehead atoms. The smallest absolute Gasteiger partial charge is 0.242 e. The van der Waals surface area contributed by atoms with Crippen LogP contribution in [0.25, 0.3) is 80.4 Å². The third-order valence-corrected chi connectivity index (χ3v) is 13.8. The summed E-state index contributed by atoms with van der Waals surface area (Å²) in [4.78, 5) is 5.59. The van der Waals surface area contributed by atoms with E-state index in [1.54, 1.807) is 0 Å². The first kappa shape index (κ1) is 32.1. The van der Waals surface area contributed by atoms with E-state index < -0.39 is 0 Å². The molecule has 0 spiro atoms. The lowest BCUT2D eigenvalue weighted by molar-refractivity contribution is 1.16. The van der Waals surface area contributed by atoms with Crippen molar-refractivity contribution in [3.05, 3.63) is 173 Å². The number of nitrogens with zero attached hydrogens (tertiary/aromatic N) is 2. The van der Waals surface area contributed by atoms with Crippen LogP contribution in [0.4, 0.5) is 0 Å². The molecule has 2 nitrogen and oxygen atoms in total. The highest BCUT2D eigenvalue weighted by Crippen LogP contribution is 2.44. The molecular formula is C52H37BN2S. The minimum absolute atomic E-state index is 0.189. The summed E-state index contributed by atoms with van der Waals surface area (Å²) in [6.07, 6.45) is 0.990. The summed E-state index contributed by atoms with van der Waals surface area (Å²) in [6.45, 7) is 9.26. The first-order valence-electron chi connectivity index (χ1n) is 19.7. The Morgan fingerprint density at radius 3 is 1.95 bits per heavy atom. The molecule has 0 unspecified atom stereocenters. The molecule has 0 radical (unpaired) electrons. The van der Waals surface area contributed by atoms with Gasteiger partial charge in [-0.3, -0.25) is 4.40 Å². The second-order valence-corrected chi connectivity index (χ2v) is 17.2. The Bertz CT molecular complexity index is 3440. The molecule has 0 saturated carbocycles. The fourth-order valence-electron chi connectivity index (χ4n) is 10.4. The molecule has 1 aliphatic rings. The fraction of sp³-hybridized carbons (Fsp3) is 0.0962. The second-order valence-electron chi connectivity index (χ2n) is 16.2. The van der Waals surface area contributed by atoms with Crippen molar-refractivity contribution < 1.29 is 0 Å². The molecule has 264 valence electrons. The average Bonchev–Trinajstić information content (AvgIpc) is 3.79. The van der Waals surface area contributed by atoms with Crippen LogP contribution in [0.1, 0.15) is 33.4 Å². The van der Waals surface area contributed by atoms with Gasteiger partial charge in [-0.15, -0.1) is 11.3 Å². The van der Waals surface area contributed by atoms with Crippen molar-refractivity contribution >= 4 is 104 Å². The van der Waals surface area contributed by atoms with Crippen LogP contribution >= 0.6 is 11.3 Å². The van der Waals surface area contributed by atoms with E-state index in [0.717, 1.165) is 28.8 Å². The Morgan fingerprint density at radius 1 is 0.571 bits per heavy atom. The van der Waals surface area contributed by atoms with Crippen molar-refractivity contribution in [2.45, 2.75) is 34.1 Å². The number of benzene rings is 8. The number of aryl methyl sites for hydroxylation is 4. The van der Waals surface area contributed by atoms with Crippen molar-refractivity contribution in [3.63, 3.8) is 0 Å². The van der Waals surface area contributed by atoms with Crippen molar-refractivity contribution in [1.29, 1.82) is 0 Å². The fourth-order valence-corrected chi connectivity index (χ4v) is 11.6. The summed E-state index contributed by atoms with van der Waals surface area (Å²) < 4.78 is 4.96. The molecule has 0 atom stereocenters. The minimum Gasteiger partial charge on any atom is -0.291 e. The lowest BCUT2D eigenvalue weighted by Crippen LogP contribution is -2.58. The van der Waals surface area contributed by atoms with Gasteiger partial charge in [0.2, 0.25) is 6.71 Å². The summed E-state index contributed by atoms with van der Waals surface area (Å²) >= 11 is 1.86. The number of rotatable bonds is 2. The second kappa shape index (κ2) is 11.6. The molecule has 0 N–H and O–H groups in total. The minimum atomic E-state index is 0.189. The van der Waals surface area contributed by atoms with Crippen LogP contribution in [-0.4, -0.2) is 16.1 Å². The molecule has 11 aromatic rings. The number of pyridine rings is 1. The Balaban J connectivity index is 1.14. The molecule has 56 heavy (non-hydrogen) atoms. The van der Waals surface area contributed by atoms with Crippen molar-refractivity contribution in [1.82, 2.24) is 9.38 Å². The molecule has 12 rings (SSSR count). The van der Waals surface area contributed by atoms with Gasteiger partial charge in [0, 0.05) is 20.9 Å². The molecule has 0 aliphatic carbocycles. The molecule has 1 aliphatic heterocycles. The van der Waals surface area contributed by atoms with Gasteiger partial charge >= 0.3 is 0 Å². The maximum Gasteiger partial charge on any atom is 0.242 e. The first-order chi connectivity index (χ1) is 27.4. The Kier molecular flexibility index (Phi) is 6.67. The van der Waals surface area contributed by atoms with Gasteiger partial charge in [0.05, 0.1) is 21.4 Å². The Labute approximate surface area is 329 Å². The van der Waals surface area contributed by atoms with Gasteiger partial charge in [-0.1, -0.05) is 160 Å². The highest BCUT2D eigenvalue weighted by atomic mass is 32.1. The molecule has 0 amide bonds. The number of fused-ring (bicyclic) bond motifs is 15. The SMILES string of the molecule is Cc1cc(C)c2c(c1)Cc1cc(C)cc(C)c1B2c1ccc(-c2cc3c(sc4ccc5ccccc5c43)c3nc4c5ccc6ccccc6c5ccc4n23)cc1. The highest BCUT2D eigenvalue weighted by molar-refractivity contribution is 7.26. The monoisotopic (exact) mass is 732 g/mol. The van der Waals surface area contributed by atoms with E-state index in [9.17, 15) is 0 Å². The van der Waals surface area contributed by atoms with Crippen LogP contribution in [0, 0.1) is 27.7 Å². The summed E-state index contributed by atoms with van der Waals surface area (Å²) in [5, 5.41) is 10.1. The molecule has 4 heterocycles. The zero-order valence-electron chi connectivity index (χ0n) is 31.9. The third-order valence-electron chi connectivity index (χ3n) is 12.6. The molecule has 4 heteroatoms. The standard InChI is InChI=1S/C52H37BN2S/c1-29-23-31(3)48-36(25-29)27-37-26-30(2)24-32(4)49(37)53(48)38-17-13-35(14-18-38)45-28-43-47-40-12-8-6-10-34(40)16-22-46(47)56-51(43)52-54-50-42-19-15-33-9-5-7-11-39(33)41(42)20-21-44(50)55(45)52/h5-26,28H,27H2,1-4H3. The molecule has 3 aromatic heterocycles. The zero-order valence-corrected chi connectivity index (χ0v) is 32.7. The van der Waals surface area contributed by atoms with Gasteiger partial charge in [-0.05, 0) is 95.9 Å². The maximum atomic E-state index is 5.59. The molecular weight excluding hydrogens is 695 g/mol. The number of hydrogen-bond donors (Lipinski definition) is 0. The summed E-state index contributed by atoms with van der Waals surface area (Å²) in [6, 6.07) is 52.7. The van der Waals surface area contributed by atoms with Crippen molar-refractivity contribution in [2.24, 2.45) is 0 Å². The Hall–Kier alpha value is -6.23. The number of hydrogen-bond acceptors (Lipinski definition) is 2. The van der Waals surface area contributed by atoms with Crippen LogP contribution in [0.5, 0.6) is 0 Å². The topological polar surface area (TPSA) is 17.3 Å². The van der Waals surface area contributed by atoms with E-state index in [4.69, 9.17) is 4.98 Å². The van der Waals surface area contributed by atoms with E-state index in [-0.39, 0.29) is 6.71 Å². The predicted molar refractivity (Wildman–Crippen MR) is 243 cm³/mol. The van der Waals surface area contributed by atoms with E-state index in [1.807, 2.05) is 11.3 Å². The van der Waals surface area contributed by atoms with E-state index >= 15 is 0 Å². The van der Waals surface area contributed by atoms with Gasteiger partial charge < -0.3 is 0 Å². The predicted octanol–water partition coefficient (Wildman–Crippen LogP) is 11.6. The number of thiophene rings is 1. The van der Waals surface area contributed by atoms with Crippen LogP contribution < -0.4 is 16.4 Å². The quantitative estimate of drug-likeness (QED) is 0.128. The van der Waals surface area contributed by atoms with Gasteiger partial charge in [0.25, 0.3) is 0 Å². The molecule has 0 saturated heterocycles. The molecule has 0 fully saturated rings. The largest absolute Gasteiger partial charge is 0.291 e. The first-order valence-corrected chi connectivity index (χ1v) is 20.5. The Morgan fingerprint density at radius 2 is 1.21 bits per heavy atom. The van der Waals surface area contributed by atoms with Crippen LogP contribution in [0.15, 0.2) is 140 Å². The van der Waals surface area contributed by atoms with Gasteiger partial charge in [-0.2, -0.15) is 0 Å². The van der Waals surface area contributed by atoms with E-state index in [2.05, 4.69) is 172 Å². The van der Waals surface area contributed by atoms with Gasteiger partial charge in [0.15, 0.2) is 5.65 Å². The van der Waals surface area contributed by atoms with Gasteiger partial charge in [0.1, 0.15) is 0 Å². The zero-order chi connectivity index (χ0) is 37.4. The van der Waals surface area contributed by atoms with Crippen LogP contribution in [0.3, 0.4) is 0 Å². The maximum absolute atomic E-state index is 5.59. The lowest BCUT2D eigenvalue weighted by atomic mass is 9.32. The summed E-state index contributed by atoms with van der Waals surface area (Å²) in [5.74, 6) is 0. The number of aromatic nitrogens is 2. The van der Waals surface area contributed by atoms with Crippen molar-refractivity contribution in [3.8, 4) is 11.3 Å². The lowest BCUT2D eigenvalue weighted by Gasteiger charge is -2.31. The van der Waals surface area contributed by atoms with Gasteiger partial charge in [-0.25, -0.2) is 4.98 Å². The summed E-state index contributed by atoms with van der Waals surface area (Å²) in [7, 11) is 0. The number of imidazole rings is 1. The van der Waals surface area contributed by atoms with Crippen molar-refractivity contribution in [2.75, 3.05) is 0 Å². The third kappa shape index (κ3) is 4.48. The van der Waals surface area contributed by atoms with Crippen LogP contribution in [0.2, 0.25) is 0 Å². The van der Waals surface area contributed by atoms with E-state index in [0.29, 0.717) is 0 Å². The van der Waals surface area contributed by atoms with Crippen LogP contribution in [-0.2, 0) is 6.42 Å². The normalized spacial score (nSPS) is 12.9. The average molecular weight is 733 g/mol. The summed E-state index contributed by atoms with van der Waals surface area (Å²) in [5.41, 5.74) is 18.2. The molecule has 8 aromatic carbocycles. The highest BCUT2D eigenvalue weighted by Gasteiger charge is 2.33. The van der Waals surface area contributed by atoms with E-state index in [1.165, 1.54) is 108 Å².